The lowest BCUT2D eigenvalue weighted by Crippen LogP contribution is -2.46. The molecular formula is C20H25N5. The highest BCUT2D eigenvalue weighted by Crippen LogP contribution is 2.24. The maximum Gasteiger partial charge on any atom is 0.132 e. The summed E-state index contributed by atoms with van der Waals surface area (Å²) >= 11 is 0. The third kappa shape index (κ3) is 3.24. The molecule has 5 heteroatoms. The van der Waals surface area contributed by atoms with Crippen LogP contribution in [0.25, 0.3) is 10.9 Å². The Morgan fingerprint density at radius 2 is 1.88 bits per heavy atom. The summed E-state index contributed by atoms with van der Waals surface area (Å²) in [4.78, 5) is 14.3. The number of benzene rings is 1. The van der Waals surface area contributed by atoms with Gasteiger partial charge in [-0.3, -0.25) is 4.90 Å². The summed E-state index contributed by atoms with van der Waals surface area (Å²) in [7, 11) is 0. The molecule has 0 radical (unpaired) electrons. The zero-order valence-corrected chi connectivity index (χ0v) is 15.0. The van der Waals surface area contributed by atoms with Crippen molar-refractivity contribution in [2.75, 3.05) is 31.1 Å². The number of rotatable bonds is 4. The minimum Gasteiger partial charge on any atom is -0.354 e. The first-order valence-electron chi connectivity index (χ1n) is 9.08. The third-order valence-corrected chi connectivity index (χ3v) is 5.07. The van der Waals surface area contributed by atoms with Crippen molar-refractivity contribution in [1.29, 1.82) is 0 Å². The summed E-state index contributed by atoms with van der Waals surface area (Å²) in [6.45, 7) is 10.4. The molecule has 3 heterocycles. The summed E-state index contributed by atoms with van der Waals surface area (Å²) in [5.41, 5.74) is 2.34. The summed E-state index contributed by atoms with van der Waals surface area (Å²) in [5.74, 6) is 2.30. The van der Waals surface area contributed by atoms with E-state index < -0.39 is 0 Å². The quantitative estimate of drug-likeness (QED) is 0.734. The predicted molar refractivity (Wildman–Crippen MR) is 102 cm³/mol. The molecule has 1 saturated heterocycles. The number of pyridine rings is 1. The Morgan fingerprint density at radius 3 is 2.68 bits per heavy atom. The lowest BCUT2D eigenvalue weighted by Gasteiger charge is -2.36. The molecule has 0 aliphatic carbocycles. The number of hydrogen-bond donors (Lipinski definition) is 0. The number of aromatic nitrogens is 3. The number of nitrogens with zero attached hydrogens (tertiary/aromatic N) is 5. The highest BCUT2D eigenvalue weighted by Gasteiger charge is 2.20. The maximum absolute atomic E-state index is 4.92. The van der Waals surface area contributed by atoms with Gasteiger partial charge in [-0.1, -0.05) is 18.2 Å². The SMILES string of the molecule is CCn1ccnc1CN1CCN(c2nc3ccccc3cc2C)CC1. The van der Waals surface area contributed by atoms with Gasteiger partial charge in [0.1, 0.15) is 11.6 Å². The second kappa shape index (κ2) is 6.84. The van der Waals surface area contributed by atoms with Crippen molar-refractivity contribution in [3.8, 4) is 0 Å². The van der Waals surface area contributed by atoms with E-state index in [0.717, 1.165) is 56.4 Å². The van der Waals surface area contributed by atoms with E-state index in [4.69, 9.17) is 4.98 Å². The molecule has 3 aromatic rings. The van der Waals surface area contributed by atoms with Gasteiger partial charge in [0, 0.05) is 50.5 Å². The average molecular weight is 335 g/mol. The standard InChI is InChI=1S/C20H25N5/c1-3-24-9-8-21-19(24)15-23-10-12-25(13-11-23)20-16(2)14-17-6-4-5-7-18(17)22-20/h4-9,14H,3,10-13,15H2,1-2H3. The molecular weight excluding hydrogens is 310 g/mol. The van der Waals surface area contributed by atoms with Crippen LogP contribution in [0, 0.1) is 6.92 Å². The number of hydrogen-bond acceptors (Lipinski definition) is 4. The fourth-order valence-corrected chi connectivity index (χ4v) is 3.63. The van der Waals surface area contributed by atoms with Crippen LogP contribution >= 0.6 is 0 Å². The minimum atomic E-state index is 0.929. The number of anilines is 1. The van der Waals surface area contributed by atoms with Crippen molar-refractivity contribution >= 4 is 16.7 Å². The summed E-state index contributed by atoms with van der Waals surface area (Å²) < 4.78 is 2.22. The van der Waals surface area contributed by atoms with Crippen LogP contribution < -0.4 is 4.90 Å². The van der Waals surface area contributed by atoms with E-state index >= 15 is 0 Å². The number of fused-ring (bicyclic) bond motifs is 1. The Hall–Kier alpha value is -2.40. The maximum atomic E-state index is 4.92. The average Bonchev–Trinajstić information content (AvgIpc) is 3.09. The second-order valence-electron chi connectivity index (χ2n) is 6.71. The summed E-state index contributed by atoms with van der Waals surface area (Å²) in [6, 6.07) is 10.6. The first-order chi connectivity index (χ1) is 12.2. The Morgan fingerprint density at radius 1 is 1.08 bits per heavy atom. The molecule has 5 nitrogen and oxygen atoms in total. The van der Waals surface area contributed by atoms with Gasteiger partial charge >= 0.3 is 0 Å². The number of piperazine rings is 1. The minimum absolute atomic E-state index is 0.929. The van der Waals surface area contributed by atoms with Crippen LogP contribution in [0.1, 0.15) is 18.3 Å². The predicted octanol–water partition coefficient (Wildman–Crippen LogP) is 3.08. The van der Waals surface area contributed by atoms with E-state index in [2.05, 4.69) is 69.7 Å². The topological polar surface area (TPSA) is 37.2 Å². The van der Waals surface area contributed by atoms with Crippen molar-refractivity contribution in [3.63, 3.8) is 0 Å². The molecule has 0 atom stereocenters. The molecule has 4 rings (SSSR count). The highest BCUT2D eigenvalue weighted by molar-refractivity contribution is 5.81. The van der Waals surface area contributed by atoms with Gasteiger partial charge in [-0.05, 0) is 31.5 Å². The van der Waals surface area contributed by atoms with E-state index in [1.165, 1.54) is 10.9 Å². The zero-order valence-electron chi connectivity index (χ0n) is 15.0. The van der Waals surface area contributed by atoms with Crippen molar-refractivity contribution < 1.29 is 0 Å². The normalized spacial score (nSPS) is 15.8. The number of imidazole rings is 1. The fourth-order valence-electron chi connectivity index (χ4n) is 3.63. The number of para-hydroxylation sites is 1. The van der Waals surface area contributed by atoms with Crippen LogP contribution in [0.3, 0.4) is 0 Å². The van der Waals surface area contributed by atoms with E-state index in [0.29, 0.717) is 0 Å². The van der Waals surface area contributed by atoms with E-state index in [1.54, 1.807) is 0 Å². The van der Waals surface area contributed by atoms with Crippen LogP contribution in [-0.4, -0.2) is 45.6 Å². The van der Waals surface area contributed by atoms with E-state index in [1.807, 2.05) is 6.20 Å². The zero-order chi connectivity index (χ0) is 17.2. The summed E-state index contributed by atoms with van der Waals surface area (Å²) in [6.07, 6.45) is 3.96. The molecule has 25 heavy (non-hydrogen) atoms. The van der Waals surface area contributed by atoms with Crippen LogP contribution in [0.4, 0.5) is 5.82 Å². The second-order valence-corrected chi connectivity index (χ2v) is 6.71. The van der Waals surface area contributed by atoms with Gasteiger partial charge < -0.3 is 9.47 Å². The van der Waals surface area contributed by atoms with Crippen LogP contribution in [0.5, 0.6) is 0 Å². The molecule has 1 aromatic carbocycles. The first-order valence-corrected chi connectivity index (χ1v) is 9.08. The molecule has 0 saturated carbocycles. The van der Waals surface area contributed by atoms with Crippen LogP contribution in [-0.2, 0) is 13.1 Å². The lowest BCUT2D eigenvalue weighted by atomic mass is 10.1. The van der Waals surface area contributed by atoms with Crippen molar-refractivity contribution in [3.05, 3.63) is 54.1 Å². The molecule has 1 aliphatic rings. The smallest absolute Gasteiger partial charge is 0.132 e. The molecule has 2 aromatic heterocycles. The molecule has 0 N–H and O–H groups in total. The Bertz CT molecular complexity index is 861. The van der Waals surface area contributed by atoms with Gasteiger partial charge in [0.25, 0.3) is 0 Å². The molecule has 130 valence electrons. The molecule has 0 spiro atoms. The van der Waals surface area contributed by atoms with Crippen LogP contribution in [0.15, 0.2) is 42.7 Å². The van der Waals surface area contributed by atoms with E-state index in [-0.39, 0.29) is 0 Å². The third-order valence-electron chi connectivity index (χ3n) is 5.07. The molecule has 1 fully saturated rings. The highest BCUT2D eigenvalue weighted by atomic mass is 15.3. The molecule has 0 unspecified atom stereocenters. The van der Waals surface area contributed by atoms with Crippen molar-refractivity contribution in [1.82, 2.24) is 19.4 Å². The van der Waals surface area contributed by atoms with Gasteiger partial charge in [-0.15, -0.1) is 0 Å². The van der Waals surface area contributed by atoms with Crippen molar-refractivity contribution in [2.24, 2.45) is 0 Å². The monoisotopic (exact) mass is 335 g/mol. The lowest BCUT2D eigenvalue weighted by molar-refractivity contribution is 0.240. The molecule has 0 bridgehead atoms. The Balaban J connectivity index is 1.46. The van der Waals surface area contributed by atoms with Gasteiger partial charge in [0.05, 0.1) is 12.1 Å². The summed E-state index contributed by atoms with van der Waals surface area (Å²) in [5, 5.41) is 1.22. The largest absolute Gasteiger partial charge is 0.354 e. The molecule has 0 amide bonds. The Kier molecular flexibility index (Phi) is 4.40. The fraction of sp³-hybridized carbons (Fsp3) is 0.400. The van der Waals surface area contributed by atoms with Gasteiger partial charge in [-0.2, -0.15) is 0 Å². The number of aryl methyl sites for hydroxylation is 2. The van der Waals surface area contributed by atoms with Gasteiger partial charge in [-0.25, -0.2) is 9.97 Å². The van der Waals surface area contributed by atoms with Gasteiger partial charge in [0.15, 0.2) is 0 Å². The van der Waals surface area contributed by atoms with E-state index in [9.17, 15) is 0 Å². The van der Waals surface area contributed by atoms with Crippen LogP contribution in [0.2, 0.25) is 0 Å². The molecule has 1 aliphatic heterocycles. The Labute approximate surface area is 148 Å². The first kappa shape index (κ1) is 16.1. The van der Waals surface area contributed by atoms with Gasteiger partial charge in [0.2, 0.25) is 0 Å². The van der Waals surface area contributed by atoms with Crippen molar-refractivity contribution in [2.45, 2.75) is 26.9 Å².